The third-order valence-electron chi connectivity index (χ3n) is 4.76. The van der Waals surface area contributed by atoms with Crippen molar-refractivity contribution in [2.24, 2.45) is 5.73 Å². The molecule has 2 atom stereocenters. The number of alkyl halides is 3. The van der Waals surface area contributed by atoms with Gasteiger partial charge in [0.05, 0.1) is 16.8 Å². The largest absolute Gasteiger partial charge is 0.416 e. The first-order valence-corrected chi connectivity index (χ1v) is 8.37. The molecule has 0 aliphatic carbocycles. The van der Waals surface area contributed by atoms with E-state index in [0.717, 1.165) is 48.6 Å². The van der Waals surface area contributed by atoms with E-state index in [1.807, 2.05) is 19.9 Å². The van der Waals surface area contributed by atoms with E-state index in [1.54, 1.807) is 12.1 Å². The maximum Gasteiger partial charge on any atom is 0.416 e. The average Bonchev–Trinajstić information content (AvgIpc) is 3.05. The molecule has 0 bridgehead atoms. The van der Waals surface area contributed by atoms with E-state index < -0.39 is 17.3 Å². The number of hydrogen-bond acceptors (Lipinski definition) is 3. The molecule has 136 valence electrons. The van der Waals surface area contributed by atoms with Crippen molar-refractivity contribution >= 4 is 0 Å². The van der Waals surface area contributed by atoms with Crippen molar-refractivity contribution in [2.45, 2.75) is 43.8 Å². The third kappa shape index (κ3) is 4.04. The van der Waals surface area contributed by atoms with Gasteiger partial charge < -0.3 is 11.1 Å². The van der Waals surface area contributed by atoms with Gasteiger partial charge in [-0.05, 0) is 49.9 Å². The summed E-state index contributed by atoms with van der Waals surface area (Å²) < 4.78 is 38.1. The number of benzene rings is 1. The van der Waals surface area contributed by atoms with Crippen molar-refractivity contribution in [3.8, 4) is 0 Å². The van der Waals surface area contributed by atoms with Gasteiger partial charge in [-0.3, -0.25) is 5.10 Å². The van der Waals surface area contributed by atoms with E-state index >= 15 is 0 Å². The molecule has 2 unspecified atom stereocenters. The molecule has 1 aliphatic rings. The molecule has 3 rings (SSSR count). The maximum atomic E-state index is 12.7. The molecule has 1 aliphatic heterocycles. The van der Waals surface area contributed by atoms with Crippen LogP contribution in [-0.2, 0) is 11.7 Å². The number of hydrogen-bond donors (Lipinski definition) is 3. The fourth-order valence-corrected chi connectivity index (χ4v) is 3.25. The Balaban J connectivity index is 1.74. The van der Waals surface area contributed by atoms with Gasteiger partial charge in [0.2, 0.25) is 0 Å². The zero-order valence-electron chi connectivity index (χ0n) is 14.3. The van der Waals surface area contributed by atoms with E-state index in [-0.39, 0.29) is 11.8 Å². The highest BCUT2D eigenvalue weighted by Crippen LogP contribution is 2.35. The van der Waals surface area contributed by atoms with E-state index in [1.165, 1.54) is 0 Å². The predicted molar refractivity (Wildman–Crippen MR) is 90.2 cm³/mol. The molecule has 0 saturated carbocycles. The minimum Gasteiger partial charge on any atom is -0.321 e. The second-order valence-electron chi connectivity index (χ2n) is 7.34. The minimum atomic E-state index is -4.30. The summed E-state index contributed by atoms with van der Waals surface area (Å²) in [6.07, 6.45) is -3.45. The van der Waals surface area contributed by atoms with Gasteiger partial charge in [0.1, 0.15) is 0 Å². The molecule has 2 heterocycles. The van der Waals surface area contributed by atoms with Crippen LogP contribution in [0.15, 0.2) is 30.3 Å². The van der Waals surface area contributed by atoms with Crippen molar-refractivity contribution in [1.82, 2.24) is 15.5 Å². The number of nitrogens with two attached hydrogens (primary N) is 1. The smallest absolute Gasteiger partial charge is 0.321 e. The summed E-state index contributed by atoms with van der Waals surface area (Å²) in [5.74, 6) is 0.392. The molecule has 25 heavy (non-hydrogen) atoms. The lowest BCUT2D eigenvalue weighted by molar-refractivity contribution is -0.137. The van der Waals surface area contributed by atoms with Crippen LogP contribution in [0.1, 0.15) is 54.6 Å². The Morgan fingerprint density at radius 2 is 1.72 bits per heavy atom. The Morgan fingerprint density at radius 1 is 1.08 bits per heavy atom. The van der Waals surface area contributed by atoms with Crippen molar-refractivity contribution < 1.29 is 13.2 Å². The van der Waals surface area contributed by atoms with E-state index in [2.05, 4.69) is 15.5 Å². The van der Waals surface area contributed by atoms with Crippen LogP contribution in [0, 0.1) is 0 Å². The van der Waals surface area contributed by atoms with Gasteiger partial charge >= 0.3 is 6.18 Å². The highest BCUT2D eigenvalue weighted by atomic mass is 19.4. The third-order valence-corrected chi connectivity index (χ3v) is 4.76. The van der Waals surface area contributed by atoms with Gasteiger partial charge in [0.15, 0.2) is 0 Å². The van der Waals surface area contributed by atoms with Crippen LogP contribution in [0.25, 0.3) is 0 Å². The molecule has 4 N–H and O–H groups in total. The number of halogens is 3. The monoisotopic (exact) mass is 352 g/mol. The van der Waals surface area contributed by atoms with Crippen LogP contribution in [0.4, 0.5) is 13.2 Å². The molecule has 0 spiro atoms. The maximum absolute atomic E-state index is 12.7. The van der Waals surface area contributed by atoms with Gasteiger partial charge in [0.25, 0.3) is 0 Å². The van der Waals surface area contributed by atoms with E-state index in [9.17, 15) is 13.2 Å². The predicted octanol–water partition coefficient (Wildman–Crippen LogP) is 3.48. The Hall–Kier alpha value is -1.86. The number of H-pyrrole nitrogens is 1. The van der Waals surface area contributed by atoms with Crippen LogP contribution in [0.3, 0.4) is 0 Å². The highest BCUT2D eigenvalue weighted by molar-refractivity contribution is 5.29. The first kappa shape index (κ1) is 17.9. The fraction of sp³-hybridized carbons (Fsp3) is 0.500. The summed E-state index contributed by atoms with van der Waals surface area (Å²) in [6.45, 7) is 5.36. The normalized spacial score (nSPS) is 22.2. The van der Waals surface area contributed by atoms with Crippen LogP contribution in [0.2, 0.25) is 0 Å². The molecular formula is C18H23F3N4. The number of aromatic amines is 1. The second kappa shape index (κ2) is 6.46. The zero-order chi connectivity index (χ0) is 18.2. The van der Waals surface area contributed by atoms with Crippen molar-refractivity contribution in [1.29, 1.82) is 0 Å². The van der Waals surface area contributed by atoms with E-state index in [4.69, 9.17) is 5.73 Å². The highest BCUT2D eigenvalue weighted by Gasteiger charge is 2.31. The first-order chi connectivity index (χ1) is 11.6. The van der Waals surface area contributed by atoms with Gasteiger partial charge in [-0.2, -0.15) is 18.3 Å². The number of rotatable bonds is 3. The van der Waals surface area contributed by atoms with E-state index in [0.29, 0.717) is 0 Å². The summed E-state index contributed by atoms with van der Waals surface area (Å²) in [6, 6.07) is 7.47. The van der Waals surface area contributed by atoms with Crippen LogP contribution in [0.5, 0.6) is 0 Å². The molecule has 1 saturated heterocycles. The molecule has 1 fully saturated rings. The van der Waals surface area contributed by atoms with Gasteiger partial charge in [-0.15, -0.1) is 0 Å². The Morgan fingerprint density at radius 3 is 2.28 bits per heavy atom. The van der Waals surface area contributed by atoms with Gasteiger partial charge in [-0.25, -0.2) is 0 Å². The van der Waals surface area contributed by atoms with Crippen molar-refractivity contribution in [3.05, 3.63) is 52.8 Å². The topological polar surface area (TPSA) is 66.7 Å². The summed E-state index contributed by atoms with van der Waals surface area (Å²) in [7, 11) is 0. The summed E-state index contributed by atoms with van der Waals surface area (Å²) in [4.78, 5) is 0. The quantitative estimate of drug-likeness (QED) is 0.792. The Kier molecular flexibility index (Phi) is 4.64. The van der Waals surface area contributed by atoms with Gasteiger partial charge in [0, 0.05) is 24.7 Å². The zero-order valence-corrected chi connectivity index (χ0v) is 14.3. The van der Waals surface area contributed by atoms with Crippen LogP contribution < -0.4 is 11.1 Å². The lowest BCUT2D eigenvalue weighted by atomic mass is 9.83. The standard InChI is InChI=1S/C18H23F3N4/c1-17(2,22)16-8-15(24-25-16)13-7-12(9-23-10-13)11-3-5-14(6-4-11)18(19,20)21/h3-6,8,12-13,23H,7,9-10,22H2,1-2H3,(H,24,25). The van der Waals surface area contributed by atoms with Crippen LogP contribution in [-0.4, -0.2) is 23.3 Å². The minimum absolute atomic E-state index is 0.165. The molecule has 2 aromatic rings. The molecule has 4 nitrogen and oxygen atoms in total. The lowest BCUT2D eigenvalue weighted by Gasteiger charge is -2.30. The van der Waals surface area contributed by atoms with Crippen molar-refractivity contribution in [3.63, 3.8) is 0 Å². The molecule has 0 amide bonds. The van der Waals surface area contributed by atoms with Gasteiger partial charge in [-0.1, -0.05) is 12.1 Å². The number of piperidine rings is 1. The number of nitrogens with zero attached hydrogens (tertiary/aromatic N) is 1. The lowest BCUT2D eigenvalue weighted by Crippen LogP contribution is -2.34. The summed E-state index contributed by atoms with van der Waals surface area (Å²) in [5.41, 5.74) is 7.69. The molecular weight excluding hydrogens is 329 g/mol. The first-order valence-electron chi connectivity index (χ1n) is 8.37. The molecule has 7 heteroatoms. The molecule has 0 radical (unpaired) electrons. The molecule has 1 aromatic carbocycles. The molecule has 1 aromatic heterocycles. The second-order valence-corrected chi connectivity index (χ2v) is 7.34. The Bertz CT molecular complexity index is 713. The number of nitrogens with one attached hydrogen (secondary N) is 2. The summed E-state index contributed by atoms with van der Waals surface area (Å²) in [5, 5.41) is 10.7. The summed E-state index contributed by atoms with van der Waals surface area (Å²) >= 11 is 0. The number of aromatic nitrogens is 2. The Labute approximate surface area is 145 Å². The average molecular weight is 352 g/mol. The van der Waals surface area contributed by atoms with Crippen molar-refractivity contribution in [2.75, 3.05) is 13.1 Å². The fourth-order valence-electron chi connectivity index (χ4n) is 3.25. The SMILES string of the molecule is CC(C)(N)c1cc(C2CNCC(c3ccc(C(F)(F)F)cc3)C2)[nH]n1. The van der Waals surface area contributed by atoms with Crippen LogP contribution >= 0.6 is 0 Å².